The molecule has 41 heavy (non-hydrogen) atoms. The number of nitrogens with two attached hydrogens (primary N) is 1. The predicted molar refractivity (Wildman–Crippen MR) is 151 cm³/mol. The van der Waals surface area contributed by atoms with E-state index < -0.39 is 17.7 Å². The highest BCUT2D eigenvalue weighted by Gasteiger charge is 2.24. The zero-order valence-corrected chi connectivity index (χ0v) is 22.5. The first-order valence-corrected chi connectivity index (χ1v) is 12.3. The summed E-state index contributed by atoms with van der Waals surface area (Å²) in [5, 5.41) is 25.0. The highest BCUT2D eigenvalue weighted by molar-refractivity contribution is 5.95. The van der Waals surface area contributed by atoms with Gasteiger partial charge in [0.25, 0.3) is 5.91 Å². The second kappa shape index (κ2) is 12.1. The number of carboxylic acid groups (broad SMARTS) is 1. The van der Waals surface area contributed by atoms with Crippen LogP contribution in [0, 0.1) is 5.41 Å². The molecule has 0 aliphatic rings. The number of anilines is 1. The van der Waals surface area contributed by atoms with Crippen LogP contribution in [0.5, 0.6) is 11.5 Å². The summed E-state index contributed by atoms with van der Waals surface area (Å²) in [7, 11) is 4.71. The SMILES string of the molecule is COc1cc(C(Nc2ccc(C(=N)N)cc2)c2nn(-c3ccccc3C(=O)O)c(=O)[nH]2)ccc1OCC(=O)N(C)C. The molecule has 3 aromatic carbocycles. The number of carboxylic acids is 1. The van der Waals surface area contributed by atoms with Crippen molar-refractivity contribution in [1.29, 1.82) is 5.41 Å². The number of benzene rings is 3. The number of aromatic nitrogens is 3. The number of methoxy groups -OCH3 is 1. The first-order chi connectivity index (χ1) is 19.6. The number of amides is 1. The second-order valence-corrected chi connectivity index (χ2v) is 9.11. The topological polar surface area (TPSA) is 189 Å². The number of rotatable bonds is 11. The Morgan fingerprint density at radius 1 is 1.12 bits per heavy atom. The Balaban J connectivity index is 1.77. The van der Waals surface area contributed by atoms with Gasteiger partial charge in [-0.15, -0.1) is 5.10 Å². The number of nitrogens with zero attached hydrogens (tertiary/aromatic N) is 3. The third-order valence-corrected chi connectivity index (χ3v) is 6.15. The fourth-order valence-corrected chi connectivity index (χ4v) is 3.95. The molecule has 1 atom stereocenters. The molecule has 6 N–H and O–H groups in total. The molecular formula is C28H29N7O6. The number of carbonyl (C=O) groups is 2. The molecule has 0 aliphatic carbocycles. The molecule has 0 spiro atoms. The fourth-order valence-electron chi connectivity index (χ4n) is 3.95. The molecule has 4 aromatic rings. The maximum absolute atomic E-state index is 13.0. The maximum atomic E-state index is 13.0. The van der Waals surface area contributed by atoms with Gasteiger partial charge in [0.1, 0.15) is 11.9 Å². The van der Waals surface area contributed by atoms with Gasteiger partial charge < -0.3 is 30.5 Å². The van der Waals surface area contributed by atoms with Crippen molar-refractivity contribution in [2.24, 2.45) is 5.73 Å². The van der Waals surface area contributed by atoms with E-state index >= 15 is 0 Å². The van der Waals surface area contributed by atoms with Crippen molar-refractivity contribution >= 4 is 23.4 Å². The Labute approximate surface area is 234 Å². The lowest BCUT2D eigenvalue weighted by molar-refractivity contribution is -0.130. The quantitative estimate of drug-likeness (QED) is 0.136. The van der Waals surface area contributed by atoms with E-state index in [-0.39, 0.29) is 35.4 Å². The number of amidine groups is 1. The Hall–Kier alpha value is -5.59. The van der Waals surface area contributed by atoms with Crippen molar-refractivity contribution in [3.05, 3.63) is 99.7 Å². The van der Waals surface area contributed by atoms with Crippen molar-refractivity contribution in [2.75, 3.05) is 33.1 Å². The monoisotopic (exact) mass is 559 g/mol. The molecular weight excluding hydrogens is 530 g/mol. The van der Waals surface area contributed by atoms with Crippen molar-refractivity contribution in [2.45, 2.75) is 6.04 Å². The summed E-state index contributed by atoms with van der Waals surface area (Å²) in [4.78, 5) is 40.9. The number of nitrogens with one attached hydrogen (secondary N) is 3. The van der Waals surface area contributed by atoms with E-state index in [1.165, 1.54) is 24.1 Å². The number of H-pyrrole nitrogens is 1. The lowest BCUT2D eigenvalue weighted by Crippen LogP contribution is -2.27. The largest absolute Gasteiger partial charge is 0.493 e. The highest BCUT2D eigenvalue weighted by Crippen LogP contribution is 2.33. The molecule has 13 heteroatoms. The second-order valence-electron chi connectivity index (χ2n) is 9.11. The number of carbonyl (C=O) groups excluding carboxylic acids is 1. The summed E-state index contributed by atoms with van der Waals surface area (Å²) in [5.41, 5.74) is 6.72. The van der Waals surface area contributed by atoms with Crippen LogP contribution in [-0.2, 0) is 4.79 Å². The van der Waals surface area contributed by atoms with Crippen LogP contribution in [0.15, 0.2) is 71.5 Å². The van der Waals surface area contributed by atoms with Gasteiger partial charge in [-0.1, -0.05) is 18.2 Å². The summed E-state index contributed by atoms with van der Waals surface area (Å²) in [6.07, 6.45) is 0. The molecule has 1 amide bonds. The van der Waals surface area contributed by atoms with E-state index in [2.05, 4.69) is 15.4 Å². The van der Waals surface area contributed by atoms with Crippen LogP contribution in [-0.4, -0.2) is 70.3 Å². The van der Waals surface area contributed by atoms with Gasteiger partial charge in [0.15, 0.2) is 23.9 Å². The zero-order valence-electron chi connectivity index (χ0n) is 22.5. The van der Waals surface area contributed by atoms with Crippen molar-refractivity contribution in [3.63, 3.8) is 0 Å². The molecule has 1 aromatic heterocycles. The molecule has 0 aliphatic heterocycles. The molecule has 13 nitrogen and oxygen atoms in total. The molecule has 4 rings (SSSR count). The normalized spacial score (nSPS) is 11.4. The number of hydrogen-bond donors (Lipinski definition) is 5. The van der Waals surface area contributed by atoms with Gasteiger partial charge in [-0.05, 0) is 54.1 Å². The minimum Gasteiger partial charge on any atom is -0.493 e. The Bertz CT molecular complexity index is 1640. The molecule has 0 radical (unpaired) electrons. The summed E-state index contributed by atoms with van der Waals surface area (Å²) in [6, 6.07) is 17.1. The number of nitrogen functional groups attached to an aromatic ring is 1. The Morgan fingerprint density at radius 3 is 2.46 bits per heavy atom. The van der Waals surface area contributed by atoms with E-state index in [1.54, 1.807) is 68.7 Å². The molecule has 0 saturated carbocycles. The van der Waals surface area contributed by atoms with Gasteiger partial charge in [-0.25, -0.2) is 9.59 Å². The van der Waals surface area contributed by atoms with E-state index in [1.807, 2.05) is 0 Å². The van der Waals surface area contributed by atoms with E-state index in [0.29, 0.717) is 28.3 Å². The van der Waals surface area contributed by atoms with Gasteiger partial charge in [0, 0.05) is 25.3 Å². The van der Waals surface area contributed by atoms with Gasteiger partial charge >= 0.3 is 11.7 Å². The predicted octanol–water partition coefficient (Wildman–Crippen LogP) is 2.22. The summed E-state index contributed by atoms with van der Waals surface area (Å²) in [5.74, 6) is -0.651. The Morgan fingerprint density at radius 2 is 1.83 bits per heavy atom. The molecule has 0 fully saturated rings. The minimum atomic E-state index is -1.20. The van der Waals surface area contributed by atoms with Crippen LogP contribution in [0.25, 0.3) is 5.69 Å². The lowest BCUT2D eigenvalue weighted by Gasteiger charge is -2.20. The van der Waals surface area contributed by atoms with Gasteiger partial charge in [0.2, 0.25) is 0 Å². The van der Waals surface area contributed by atoms with Crippen LogP contribution in [0.3, 0.4) is 0 Å². The van der Waals surface area contributed by atoms with Crippen molar-refractivity contribution < 1.29 is 24.2 Å². The van der Waals surface area contributed by atoms with E-state index in [0.717, 1.165) is 4.68 Å². The van der Waals surface area contributed by atoms with Crippen LogP contribution in [0.4, 0.5) is 5.69 Å². The van der Waals surface area contributed by atoms with E-state index in [4.69, 9.17) is 20.6 Å². The molecule has 1 heterocycles. The third kappa shape index (κ3) is 6.36. The Kier molecular flexibility index (Phi) is 8.37. The average Bonchev–Trinajstić information content (AvgIpc) is 3.35. The minimum absolute atomic E-state index is 0.0821. The third-order valence-electron chi connectivity index (χ3n) is 6.15. The highest BCUT2D eigenvalue weighted by atomic mass is 16.5. The smallest absolute Gasteiger partial charge is 0.348 e. The summed E-state index contributed by atoms with van der Waals surface area (Å²) in [6.45, 7) is -0.187. The molecule has 1 unspecified atom stereocenters. The molecule has 212 valence electrons. The van der Waals surface area contributed by atoms with Crippen LogP contribution < -0.4 is 26.2 Å². The number of aromatic amines is 1. The standard InChI is InChI=1S/C28H29N7O6/c1-34(2)23(36)15-41-21-13-10-17(14-22(21)40-3)24(31-18-11-8-16(9-12-18)25(29)30)26-32-28(39)35(33-26)20-7-5-4-6-19(20)27(37)38/h4-14,24,31H,15H2,1-3H3,(H3,29,30)(H,37,38)(H,32,33,39). The molecule has 0 saturated heterocycles. The zero-order chi connectivity index (χ0) is 29.7. The number of para-hydroxylation sites is 1. The summed E-state index contributed by atoms with van der Waals surface area (Å²) >= 11 is 0. The van der Waals surface area contributed by atoms with E-state index in [9.17, 15) is 19.5 Å². The average molecular weight is 560 g/mol. The first kappa shape index (κ1) is 28.4. The van der Waals surface area contributed by atoms with Crippen LogP contribution >= 0.6 is 0 Å². The number of likely N-dealkylation sites (N-methyl/N-ethyl adjacent to an activating group) is 1. The lowest BCUT2D eigenvalue weighted by atomic mass is 10.0. The van der Waals surface area contributed by atoms with Gasteiger partial charge in [-0.3, -0.25) is 15.2 Å². The van der Waals surface area contributed by atoms with Gasteiger partial charge in [-0.2, -0.15) is 4.68 Å². The number of ether oxygens (including phenoxy) is 2. The fraction of sp³-hybridized carbons (Fsp3) is 0.179. The van der Waals surface area contributed by atoms with Crippen molar-refractivity contribution in [1.82, 2.24) is 19.7 Å². The van der Waals surface area contributed by atoms with Gasteiger partial charge in [0.05, 0.1) is 18.4 Å². The number of aromatic carboxylic acids is 1. The van der Waals surface area contributed by atoms with Crippen LogP contribution in [0.2, 0.25) is 0 Å². The first-order valence-electron chi connectivity index (χ1n) is 12.3. The number of hydrogen-bond acceptors (Lipinski definition) is 8. The maximum Gasteiger partial charge on any atom is 0.348 e. The van der Waals surface area contributed by atoms with Crippen LogP contribution in [0.1, 0.15) is 33.4 Å². The molecule has 0 bridgehead atoms. The van der Waals surface area contributed by atoms with Crippen molar-refractivity contribution in [3.8, 4) is 17.2 Å². The summed E-state index contributed by atoms with van der Waals surface area (Å²) < 4.78 is 12.2.